The number of benzene rings is 1. The summed E-state index contributed by atoms with van der Waals surface area (Å²) in [4.78, 5) is 12.4. The predicted octanol–water partition coefficient (Wildman–Crippen LogP) is 2.12. The molecule has 2 aliphatic rings. The van der Waals surface area contributed by atoms with Crippen molar-refractivity contribution in [3.05, 3.63) is 41.7 Å². The van der Waals surface area contributed by atoms with E-state index in [0.717, 1.165) is 44.8 Å². The van der Waals surface area contributed by atoms with Gasteiger partial charge in [-0.05, 0) is 31.0 Å². The lowest BCUT2D eigenvalue weighted by molar-refractivity contribution is -0.116. The Morgan fingerprint density at radius 2 is 2.33 bits per heavy atom. The molecule has 0 bridgehead atoms. The molecule has 0 saturated carbocycles. The maximum Gasteiger partial charge on any atom is 0.224 e. The molecule has 1 fully saturated rings. The predicted molar refractivity (Wildman–Crippen MR) is 102 cm³/mol. The molecule has 4 rings (SSSR count). The minimum atomic E-state index is -0.0349. The summed E-state index contributed by atoms with van der Waals surface area (Å²) in [7, 11) is 0. The number of aromatic nitrogens is 2. The summed E-state index contributed by atoms with van der Waals surface area (Å²) in [6.07, 6.45) is 3.28. The largest absolute Gasteiger partial charge is 0.489 e. The van der Waals surface area contributed by atoms with Crippen LogP contribution in [0.4, 0.5) is 5.69 Å². The quantitative estimate of drug-likeness (QED) is 0.781. The van der Waals surface area contributed by atoms with Crippen LogP contribution in [0.15, 0.2) is 30.3 Å². The molecule has 144 valence electrons. The van der Waals surface area contributed by atoms with Crippen LogP contribution in [0.2, 0.25) is 0 Å². The number of nitrogens with one attached hydrogen (secondary N) is 2. The molecule has 3 heterocycles. The van der Waals surface area contributed by atoms with Crippen molar-refractivity contribution in [1.29, 1.82) is 0 Å². The van der Waals surface area contributed by atoms with E-state index in [4.69, 9.17) is 9.47 Å². The number of rotatable bonds is 7. The molecule has 0 aliphatic carbocycles. The average molecular weight is 370 g/mol. The van der Waals surface area contributed by atoms with Gasteiger partial charge in [0.25, 0.3) is 0 Å². The number of nitrogens with zero attached hydrogens (tertiary/aromatic N) is 2. The molecule has 27 heavy (non-hydrogen) atoms. The van der Waals surface area contributed by atoms with E-state index in [1.54, 1.807) is 0 Å². The molecule has 2 aromatic rings. The molecule has 2 aliphatic heterocycles. The number of ether oxygens (including phenoxy) is 2. The third kappa shape index (κ3) is 4.67. The molecule has 0 radical (unpaired) electrons. The molecule has 1 aromatic carbocycles. The number of aryl methyl sites for hydroxylation is 1. The SMILES string of the molecule is O=C(CCc1cc2n(n1)CCNC2)Nc1ccccc1OCC1CCCO1. The zero-order valence-electron chi connectivity index (χ0n) is 15.4. The second-order valence-electron chi connectivity index (χ2n) is 7.02. The van der Waals surface area contributed by atoms with Crippen LogP contribution in [0.3, 0.4) is 0 Å². The number of amides is 1. The van der Waals surface area contributed by atoms with Gasteiger partial charge in [0, 0.05) is 32.5 Å². The number of hydrogen-bond acceptors (Lipinski definition) is 5. The van der Waals surface area contributed by atoms with Gasteiger partial charge in [0.15, 0.2) is 0 Å². The number of fused-ring (bicyclic) bond motifs is 1. The van der Waals surface area contributed by atoms with E-state index in [-0.39, 0.29) is 12.0 Å². The van der Waals surface area contributed by atoms with Crippen LogP contribution < -0.4 is 15.4 Å². The lowest BCUT2D eigenvalue weighted by atomic mass is 10.2. The lowest BCUT2D eigenvalue weighted by Crippen LogP contribution is -2.28. The second kappa shape index (κ2) is 8.54. The summed E-state index contributed by atoms with van der Waals surface area (Å²) in [6.45, 7) is 3.99. The first-order chi connectivity index (χ1) is 13.3. The highest BCUT2D eigenvalue weighted by Crippen LogP contribution is 2.25. The summed E-state index contributed by atoms with van der Waals surface area (Å²) in [5.74, 6) is 0.650. The van der Waals surface area contributed by atoms with Crippen LogP contribution in [-0.4, -0.2) is 41.6 Å². The summed E-state index contributed by atoms with van der Waals surface area (Å²) in [6, 6.07) is 9.62. The van der Waals surface area contributed by atoms with Crippen molar-refractivity contribution in [1.82, 2.24) is 15.1 Å². The summed E-state index contributed by atoms with van der Waals surface area (Å²) < 4.78 is 13.5. The maximum absolute atomic E-state index is 12.4. The van der Waals surface area contributed by atoms with Gasteiger partial charge in [0.1, 0.15) is 12.4 Å². The molecule has 7 heteroatoms. The molecule has 7 nitrogen and oxygen atoms in total. The van der Waals surface area contributed by atoms with Crippen molar-refractivity contribution >= 4 is 11.6 Å². The van der Waals surface area contributed by atoms with Crippen LogP contribution in [-0.2, 0) is 29.0 Å². The minimum absolute atomic E-state index is 0.0349. The monoisotopic (exact) mass is 370 g/mol. The minimum Gasteiger partial charge on any atom is -0.489 e. The third-order valence-electron chi connectivity index (χ3n) is 4.94. The van der Waals surface area contributed by atoms with E-state index in [0.29, 0.717) is 30.9 Å². The smallest absolute Gasteiger partial charge is 0.224 e. The summed E-state index contributed by atoms with van der Waals surface area (Å²) in [5.41, 5.74) is 2.85. The van der Waals surface area contributed by atoms with Gasteiger partial charge in [-0.2, -0.15) is 5.10 Å². The van der Waals surface area contributed by atoms with Crippen molar-refractivity contribution < 1.29 is 14.3 Å². The molecular weight excluding hydrogens is 344 g/mol. The van der Waals surface area contributed by atoms with Crippen molar-refractivity contribution in [3.63, 3.8) is 0 Å². The molecule has 1 saturated heterocycles. The van der Waals surface area contributed by atoms with Gasteiger partial charge in [-0.3, -0.25) is 9.48 Å². The first-order valence-corrected chi connectivity index (χ1v) is 9.67. The van der Waals surface area contributed by atoms with E-state index in [1.807, 2.05) is 28.9 Å². The number of anilines is 1. The normalized spacial score (nSPS) is 18.9. The van der Waals surface area contributed by atoms with Crippen LogP contribution in [0.5, 0.6) is 5.75 Å². The van der Waals surface area contributed by atoms with Crippen LogP contribution in [0.1, 0.15) is 30.7 Å². The number of hydrogen-bond donors (Lipinski definition) is 2. The molecule has 1 atom stereocenters. The number of carbonyl (C=O) groups is 1. The van der Waals surface area contributed by atoms with Gasteiger partial charge in [-0.25, -0.2) is 0 Å². The molecule has 2 N–H and O–H groups in total. The average Bonchev–Trinajstić information content (AvgIpc) is 3.35. The Morgan fingerprint density at radius 3 is 3.19 bits per heavy atom. The Labute approximate surface area is 159 Å². The Morgan fingerprint density at radius 1 is 1.41 bits per heavy atom. The van der Waals surface area contributed by atoms with Gasteiger partial charge < -0.3 is 20.1 Å². The Kier molecular flexibility index (Phi) is 5.69. The first kappa shape index (κ1) is 18.0. The van der Waals surface area contributed by atoms with Crippen molar-refractivity contribution in [3.8, 4) is 5.75 Å². The van der Waals surface area contributed by atoms with Gasteiger partial charge in [-0.1, -0.05) is 12.1 Å². The molecule has 1 unspecified atom stereocenters. The van der Waals surface area contributed by atoms with E-state index < -0.39 is 0 Å². The van der Waals surface area contributed by atoms with Crippen LogP contribution in [0.25, 0.3) is 0 Å². The zero-order valence-corrected chi connectivity index (χ0v) is 15.4. The Bertz CT molecular complexity index is 760. The van der Waals surface area contributed by atoms with E-state index in [1.165, 1.54) is 5.69 Å². The van der Waals surface area contributed by atoms with Gasteiger partial charge in [0.05, 0.1) is 29.7 Å². The van der Waals surface area contributed by atoms with E-state index in [9.17, 15) is 4.79 Å². The lowest BCUT2D eigenvalue weighted by Gasteiger charge is -2.15. The highest BCUT2D eigenvalue weighted by atomic mass is 16.5. The van der Waals surface area contributed by atoms with E-state index >= 15 is 0 Å². The second-order valence-corrected chi connectivity index (χ2v) is 7.02. The van der Waals surface area contributed by atoms with Gasteiger partial charge >= 0.3 is 0 Å². The summed E-state index contributed by atoms with van der Waals surface area (Å²) >= 11 is 0. The number of carbonyl (C=O) groups excluding carboxylic acids is 1. The fourth-order valence-electron chi connectivity index (χ4n) is 3.48. The fourth-order valence-corrected chi connectivity index (χ4v) is 3.48. The highest BCUT2D eigenvalue weighted by molar-refractivity contribution is 5.92. The highest BCUT2D eigenvalue weighted by Gasteiger charge is 2.17. The maximum atomic E-state index is 12.4. The standard InChI is InChI=1S/C20H26N4O3/c25-20(8-7-15-12-16-13-21-9-10-24(16)23-15)22-18-5-1-2-6-19(18)27-14-17-4-3-11-26-17/h1-2,5-6,12,17,21H,3-4,7-11,13-14H2,(H,22,25). The molecule has 1 aromatic heterocycles. The molecule has 0 spiro atoms. The first-order valence-electron chi connectivity index (χ1n) is 9.67. The van der Waals surface area contributed by atoms with Crippen molar-refractivity contribution in [2.45, 2.75) is 44.9 Å². The molecular formula is C20H26N4O3. The summed E-state index contributed by atoms with van der Waals surface area (Å²) in [5, 5.41) is 10.9. The van der Waals surface area contributed by atoms with Crippen molar-refractivity contribution in [2.24, 2.45) is 0 Å². The Balaban J connectivity index is 1.30. The molecule has 1 amide bonds. The fraction of sp³-hybridized carbons (Fsp3) is 0.500. The van der Waals surface area contributed by atoms with E-state index in [2.05, 4.69) is 21.8 Å². The van der Waals surface area contributed by atoms with Gasteiger partial charge in [0.2, 0.25) is 5.91 Å². The van der Waals surface area contributed by atoms with Crippen LogP contribution >= 0.6 is 0 Å². The zero-order chi connectivity index (χ0) is 18.5. The van der Waals surface area contributed by atoms with Gasteiger partial charge in [-0.15, -0.1) is 0 Å². The topological polar surface area (TPSA) is 77.4 Å². The third-order valence-corrected chi connectivity index (χ3v) is 4.94. The van der Waals surface area contributed by atoms with Crippen LogP contribution in [0, 0.1) is 0 Å². The Hall–Kier alpha value is -2.38. The number of para-hydroxylation sites is 2. The van der Waals surface area contributed by atoms with Crippen molar-refractivity contribution in [2.75, 3.05) is 25.1 Å².